The molecule has 0 spiro atoms. The van der Waals surface area contributed by atoms with Crippen molar-refractivity contribution in [3.8, 4) is 0 Å². The number of carbonyl (C=O) groups is 2. The van der Waals surface area contributed by atoms with E-state index in [1.807, 2.05) is 13.0 Å². The molecule has 0 bridgehead atoms. The van der Waals surface area contributed by atoms with Gasteiger partial charge in [-0.1, -0.05) is 18.2 Å². The standard InChI is InChI=1S/C17H20N2O6S/c1-10-6-5-7-12(11(10)2)15(17(21)22)18-16(20)13-8-9-14(25-13)26(23,24)19(3)4/h5-9,15H,1-4H3,(H,18,20)(H,21,22). The van der Waals surface area contributed by atoms with Gasteiger partial charge in [0.1, 0.15) is 0 Å². The molecule has 1 amide bonds. The average molecular weight is 380 g/mol. The van der Waals surface area contributed by atoms with E-state index in [-0.39, 0.29) is 5.76 Å². The number of carboxylic acid groups (broad SMARTS) is 1. The molecule has 26 heavy (non-hydrogen) atoms. The molecule has 0 aliphatic carbocycles. The van der Waals surface area contributed by atoms with Crippen LogP contribution in [0.3, 0.4) is 0 Å². The molecule has 1 unspecified atom stereocenters. The first-order valence-corrected chi connectivity index (χ1v) is 9.12. The van der Waals surface area contributed by atoms with E-state index in [4.69, 9.17) is 4.42 Å². The Bertz CT molecular complexity index is 946. The monoisotopic (exact) mass is 380 g/mol. The van der Waals surface area contributed by atoms with E-state index in [2.05, 4.69) is 5.32 Å². The summed E-state index contributed by atoms with van der Waals surface area (Å²) in [7, 11) is -1.16. The van der Waals surface area contributed by atoms with Crippen LogP contribution in [0.2, 0.25) is 0 Å². The van der Waals surface area contributed by atoms with Gasteiger partial charge in [-0.05, 0) is 42.7 Å². The number of furan rings is 1. The number of carbonyl (C=O) groups excluding carboxylic acids is 1. The van der Waals surface area contributed by atoms with Crippen molar-refractivity contribution < 1.29 is 27.5 Å². The number of sulfonamides is 1. The molecule has 0 saturated carbocycles. The van der Waals surface area contributed by atoms with Crippen LogP contribution in [0, 0.1) is 13.8 Å². The maximum absolute atomic E-state index is 12.4. The van der Waals surface area contributed by atoms with Crippen LogP contribution in [0.15, 0.2) is 39.8 Å². The van der Waals surface area contributed by atoms with Crippen LogP contribution < -0.4 is 5.32 Å². The Balaban J connectivity index is 2.31. The number of rotatable bonds is 6. The molecule has 9 heteroatoms. The van der Waals surface area contributed by atoms with Crippen LogP contribution in [0.25, 0.3) is 0 Å². The molecule has 140 valence electrons. The lowest BCUT2D eigenvalue weighted by atomic mass is 9.97. The van der Waals surface area contributed by atoms with Gasteiger partial charge in [0.25, 0.3) is 15.9 Å². The van der Waals surface area contributed by atoms with Crippen molar-refractivity contribution in [2.75, 3.05) is 14.1 Å². The zero-order valence-electron chi connectivity index (χ0n) is 14.8. The first-order chi connectivity index (χ1) is 12.1. The number of nitrogens with zero attached hydrogens (tertiary/aromatic N) is 1. The third-order valence-electron chi connectivity index (χ3n) is 4.02. The molecule has 1 heterocycles. The van der Waals surface area contributed by atoms with E-state index in [1.165, 1.54) is 20.2 Å². The molecule has 2 N–H and O–H groups in total. The highest BCUT2D eigenvalue weighted by molar-refractivity contribution is 7.88. The maximum atomic E-state index is 12.4. The molecule has 2 aromatic rings. The highest BCUT2D eigenvalue weighted by atomic mass is 32.2. The lowest BCUT2D eigenvalue weighted by Gasteiger charge is -2.17. The van der Waals surface area contributed by atoms with Gasteiger partial charge in [0.2, 0.25) is 5.09 Å². The van der Waals surface area contributed by atoms with Crippen molar-refractivity contribution in [3.05, 3.63) is 52.8 Å². The molecule has 0 aliphatic rings. The SMILES string of the molecule is Cc1cccc(C(NC(=O)c2ccc(S(=O)(=O)N(C)C)o2)C(=O)O)c1C. The van der Waals surface area contributed by atoms with Crippen LogP contribution in [0.1, 0.15) is 33.3 Å². The van der Waals surface area contributed by atoms with Crippen LogP contribution in [0.4, 0.5) is 0 Å². The van der Waals surface area contributed by atoms with E-state index < -0.39 is 33.0 Å². The van der Waals surface area contributed by atoms with E-state index >= 15 is 0 Å². The van der Waals surface area contributed by atoms with Gasteiger partial charge in [-0.2, -0.15) is 0 Å². The van der Waals surface area contributed by atoms with E-state index in [0.717, 1.165) is 21.5 Å². The Morgan fingerprint density at radius 3 is 2.38 bits per heavy atom. The molecule has 1 atom stereocenters. The highest BCUT2D eigenvalue weighted by Crippen LogP contribution is 2.22. The number of carboxylic acids is 1. The number of aryl methyl sites for hydroxylation is 1. The van der Waals surface area contributed by atoms with Crippen molar-refractivity contribution in [1.29, 1.82) is 0 Å². The second-order valence-corrected chi connectivity index (χ2v) is 8.02. The molecule has 8 nitrogen and oxygen atoms in total. The summed E-state index contributed by atoms with van der Waals surface area (Å²) < 4.78 is 30.1. The lowest BCUT2D eigenvalue weighted by Crippen LogP contribution is -2.34. The molecule has 0 radical (unpaired) electrons. The van der Waals surface area contributed by atoms with Gasteiger partial charge < -0.3 is 14.8 Å². The molecule has 0 fully saturated rings. The number of aliphatic carboxylic acids is 1. The quantitative estimate of drug-likeness (QED) is 0.788. The van der Waals surface area contributed by atoms with Crippen molar-refractivity contribution in [2.45, 2.75) is 25.0 Å². The van der Waals surface area contributed by atoms with Crippen LogP contribution >= 0.6 is 0 Å². The summed E-state index contributed by atoms with van der Waals surface area (Å²) >= 11 is 0. The van der Waals surface area contributed by atoms with Crippen molar-refractivity contribution >= 4 is 21.9 Å². The minimum absolute atomic E-state index is 0.290. The van der Waals surface area contributed by atoms with Gasteiger partial charge in [-0.3, -0.25) is 4.79 Å². The summed E-state index contributed by atoms with van der Waals surface area (Å²) in [5.74, 6) is -2.35. The van der Waals surface area contributed by atoms with Crippen LogP contribution in [-0.4, -0.2) is 43.8 Å². The van der Waals surface area contributed by atoms with Crippen LogP contribution in [-0.2, 0) is 14.8 Å². The third kappa shape index (κ3) is 3.78. The normalized spacial score (nSPS) is 12.8. The number of hydrogen-bond donors (Lipinski definition) is 2. The number of nitrogens with one attached hydrogen (secondary N) is 1. The summed E-state index contributed by atoms with van der Waals surface area (Å²) in [5.41, 5.74) is 2.08. The number of benzene rings is 1. The second-order valence-electron chi connectivity index (χ2n) is 5.94. The van der Waals surface area contributed by atoms with Gasteiger partial charge in [-0.15, -0.1) is 0 Å². The Morgan fingerprint density at radius 2 is 1.81 bits per heavy atom. The Kier molecular flexibility index (Phi) is 5.53. The third-order valence-corrected chi connectivity index (χ3v) is 5.71. The first-order valence-electron chi connectivity index (χ1n) is 7.68. The lowest BCUT2D eigenvalue weighted by molar-refractivity contribution is -0.139. The molecule has 1 aromatic heterocycles. The van der Waals surface area contributed by atoms with Crippen molar-refractivity contribution in [2.24, 2.45) is 0 Å². The Morgan fingerprint density at radius 1 is 1.15 bits per heavy atom. The summed E-state index contributed by atoms with van der Waals surface area (Å²) in [6.45, 7) is 3.60. The molecule has 2 rings (SSSR count). The van der Waals surface area contributed by atoms with E-state index in [0.29, 0.717) is 5.56 Å². The summed E-state index contributed by atoms with van der Waals surface area (Å²) in [4.78, 5) is 24.0. The Hall–Kier alpha value is -2.65. The largest absolute Gasteiger partial charge is 0.479 e. The Labute approximate surface area is 151 Å². The van der Waals surface area contributed by atoms with Gasteiger partial charge in [0, 0.05) is 14.1 Å². The van der Waals surface area contributed by atoms with Gasteiger partial charge in [0.05, 0.1) is 0 Å². The van der Waals surface area contributed by atoms with Gasteiger partial charge >= 0.3 is 5.97 Å². The summed E-state index contributed by atoms with van der Waals surface area (Å²) in [6.07, 6.45) is 0. The van der Waals surface area contributed by atoms with Crippen LogP contribution in [0.5, 0.6) is 0 Å². The number of amides is 1. The maximum Gasteiger partial charge on any atom is 0.330 e. The fourth-order valence-electron chi connectivity index (χ4n) is 2.32. The fourth-order valence-corrected chi connectivity index (χ4v) is 3.12. The summed E-state index contributed by atoms with van der Waals surface area (Å²) in [6, 6.07) is 6.21. The molecular formula is C17H20N2O6S. The zero-order chi connectivity index (χ0) is 19.6. The molecule has 1 aromatic carbocycles. The predicted molar refractivity (Wildman–Crippen MR) is 93.3 cm³/mol. The zero-order valence-corrected chi connectivity index (χ0v) is 15.6. The highest BCUT2D eigenvalue weighted by Gasteiger charge is 2.28. The molecule has 0 aliphatic heterocycles. The molecular weight excluding hydrogens is 360 g/mol. The van der Waals surface area contributed by atoms with Gasteiger partial charge in [0.15, 0.2) is 11.8 Å². The average Bonchev–Trinajstić information content (AvgIpc) is 3.06. The minimum atomic E-state index is -3.83. The topological polar surface area (TPSA) is 117 Å². The fraction of sp³-hybridized carbons (Fsp3) is 0.294. The smallest absolute Gasteiger partial charge is 0.330 e. The summed E-state index contributed by atoms with van der Waals surface area (Å²) in [5, 5.41) is 11.5. The first kappa shape index (κ1) is 19.7. The minimum Gasteiger partial charge on any atom is -0.479 e. The van der Waals surface area contributed by atoms with Crippen molar-refractivity contribution in [3.63, 3.8) is 0 Å². The predicted octanol–water partition coefficient (Wildman–Crippen LogP) is 1.70. The molecule has 0 saturated heterocycles. The van der Waals surface area contributed by atoms with Gasteiger partial charge in [-0.25, -0.2) is 17.5 Å². The van der Waals surface area contributed by atoms with E-state index in [9.17, 15) is 23.1 Å². The van der Waals surface area contributed by atoms with Crippen molar-refractivity contribution in [1.82, 2.24) is 9.62 Å². The second kappa shape index (κ2) is 7.30. The number of hydrogen-bond acceptors (Lipinski definition) is 5. The van der Waals surface area contributed by atoms with E-state index in [1.54, 1.807) is 19.1 Å².